The minimum Gasteiger partial charge on any atom is -0.434 e. The molecule has 2 heterocycles. The summed E-state index contributed by atoms with van der Waals surface area (Å²) in [6, 6.07) is 1.05. The Bertz CT molecular complexity index is 1300. The van der Waals surface area contributed by atoms with Gasteiger partial charge >= 0.3 is 12.8 Å². The summed E-state index contributed by atoms with van der Waals surface area (Å²) in [6.45, 7) is 0.629. The Hall–Kier alpha value is -2.77. The minimum atomic E-state index is -4.54. The third kappa shape index (κ3) is 7.25. The van der Waals surface area contributed by atoms with Crippen molar-refractivity contribution < 1.29 is 39.9 Å². The first-order chi connectivity index (χ1) is 17.9. The van der Waals surface area contributed by atoms with Gasteiger partial charge in [0.05, 0.1) is 21.9 Å². The van der Waals surface area contributed by atoms with Crippen molar-refractivity contribution in [1.82, 2.24) is 20.1 Å². The van der Waals surface area contributed by atoms with Crippen LogP contribution < -0.4 is 10.1 Å². The fourth-order valence-electron chi connectivity index (χ4n) is 4.81. The second-order valence-corrected chi connectivity index (χ2v) is 13.1. The summed E-state index contributed by atoms with van der Waals surface area (Å²) in [6.07, 6.45) is -0.351. The molecule has 0 saturated heterocycles. The van der Waals surface area contributed by atoms with E-state index in [1.807, 2.05) is 0 Å². The monoisotopic (exact) mass is 580 g/mol. The molecule has 1 N–H and O–H groups in total. The fraction of sp³-hybridized carbons (Fsp3) is 0.640. The van der Waals surface area contributed by atoms with E-state index in [0.717, 1.165) is 26.1 Å². The predicted molar refractivity (Wildman–Crippen MR) is 134 cm³/mol. The molecule has 2 aromatic rings. The average molecular weight is 581 g/mol. The maximum absolute atomic E-state index is 13.4. The highest BCUT2D eigenvalue weighted by atomic mass is 32.2. The maximum Gasteiger partial charge on any atom is 0.394 e. The number of pyridine rings is 1. The number of carbonyl (C=O) groups excluding carboxylic acids is 1. The molecule has 0 unspecified atom stereocenters. The molecule has 218 valence electrons. The van der Waals surface area contributed by atoms with Gasteiger partial charge in [0.2, 0.25) is 0 Å². The van der Waals surface area contributed by atoms with E-state index in [1.54, 1.807) is 6.92 Å². The van der Waals surface area contributed by atoms with E-state index in [9.17, 15) is 35.2 Å². The Kier molecular flexibility index (Phi) is 8.98. The molecule has 0 spiro atoms. The summed E-state index contributed by atoms with van der Waals surface area (Å²) in [7, 11) is -1.60. The molecule has 0 bridgehead atoms. The van der Waals surface area contributed by atoms with Crippen LogP contribution in [0.4, 0.5) is 22.0 Å². The van der Waals surface area contributed by atoms with Crippen LogP contribution in [-0.4, -0.2) is 59.9 Å². The van der Waals surface area contributed by atoms with E-state index in [1.165, 1.54) is 18.0 Å². The number of sulfone groups is 1. The van der Waals surface area contributed by atoms with Crippen LogP contribution in [0.5, 0.6) is 5.75 Å². The molecular formula is C25H33F5N4O4S. The number of ether oxygens (including phenoxy) is 1. The Morgan fingerprint density at radius 2 is 1.82 bits per heavy atom. The second-order valence-electron chi connectivity index (χ2n) is 10.7. The number of amides is 1. The summed E-state index contributed by atoms with van der Waals surface area (Å²) in [5, 5.41) is 6.68. The van der Waals surface area contributed by atoms with Gasteiger partial charge in [-0.1, -0.05) is 13.8 Å². The molecule has 0 atom stereocenters. The highest BCUT2D eigenvalue weighted by Crippen LogP contribution is 2.41. The van der Waals surface area contributed by atoms with Crippen molar-refractivity contribution in [3.05, 3.63) is 29.2 Å². The van der Waals surface area contributed by atoms with Crippen LogP contribution in [0.15, 0.2) is 12.3 Å². The lowest BCUT2D eigenvalue weighted by atomic mass is 9.86. The molecule has 1 fully saturated rings. The first kappa shape index (κ1) is 30.8. The molecule has 0 aliphatic heterocycles. The van der Waals surface area contributed by atoms with Crippen LogP contribution in [-0.2, 0) is 23.3 Å². The summed E-state index contributed by atoms with van der Waals surface area (Å²) < 4.78 is 96.0. The number of rotatable bonds is 9. The quantitative estimate of drug-likeness (QED) is 0.425. The van der Waals surface area contributed by atoms with Crippen LogP contribution in [0.25, 0.3) is 11.3 Å². The number of nitrogens with zero attached hydrogens (tertiary/aromatic N) is 3. The molecule has 0 radical (unpaired) electrons. The molecule has 2 aromatic heterocycles. The molecular weight excluding hydrogens is 547 g/mol. The first-order valence-electron chi connectivity index (χ1n) is 12.4. The van der Waals surface area contributed by atoms with Gasteiger partial charge in [-0.3, -0.25) is 14.5 Å². The zero-order valence-corrected chi connectivity index (χ0v) is 23.2. The van der Waals surface area contributed by atoms with Gasteiger partial charge < -0.3 is 10.1 Å². The lowest BCUT2D eigenvalue weighted by molar-refractivity contribution is -0.211. The zero-order chi connectivity index (χ0) is 29.3. The molecule has 1 saturated carbocycles. The Morgan fingerprint density at radius 1 is 1.21 bits per heavy atom. The van der Waals surface area contributed by atoms with Gasteiger partial charge in [-0.15, -0.1) is 0 Å². The van der Waals surface area contributed by atoms with Gasteiger partial charge in [0.15, 0.2) is 5.69 Å². The van der Waals surface area contributed by atoms with Crippen molar-refractivity contribution in [3.63, 3.8) is 0 Å². The standard InChI is InChI=1S/C25H33F5N4O4S/c1-14-20(22(35)32-12-15-6-8-17(9-7-15)39(5,36)37)33-34(4)21(14)18-13-31-16(10-19(18)38-23(26)27)11-24(2,3)25(28,29)30/h10,13,15,17,23H,6-9,11-12H2,1-5H3,(H,32,35)/t15-,17+. The van der Waals surface area contributed by atoms with Crippen LogP contribution in [0.1, 0.15) is 61.3 Å². The highest BCUT2D eigenvalue weighted by molar-refractivity contribution is 7.91. The van der Waals surface area contributed by atoms with Crippen molar-refractivity contribution >= 4 is 15.7 Å². The van der Waals surface area contributed by atoms with Gasteiger partial charge in [0.1, 0.15) is 15.6 Å². The minimum absolute atomic E-state index is 0.0441. The van der Waals surface area contributed by atoms with E-state index in [-0.39, 0.29) is 39.6 Å². The Balaban J connectivity index is 1.82. The Labute approximate surface area is 224 Å². The number of hydrogen-bond donors (Lipinski definition) is 1. The zero-order valence-electron chi connectivity index (χ0n) is 22.4. The third-order valence-corrected chi connectivity index (χ3v) is 8.92. The van der Waals surface area contributed by atoms with Gasteiger partial charge in [0.25, 0.3) is 5.91 Å². The average Bonchev–Trinajstić information content (AvgIpc) is 3.10. The number of alkyl halides is 5. The molecule has 8 nitrogen and oxygen atoms in total. The molecule has 3 rings (SSSR count). The number of aryl methyl sites for hydroxylation is 1. The lowest BCUT2D eigenvalue weighted by Gasteiger charge is -2.27. The van der Waals surface area contributed by atoms with Crippen LogP contribution in [0, 0.1) is 18.3 Å². The van der Waals surface area contributed by atoms with Crippen molar-refractivity contribution in [2.75, 3.05) is 12.8 Å². The number of carbonyl (C=O) groups is 1. The SMILES string of the molecule is Cc1c(C(=O)NC[C@H]2CC[C@@H](S(C)(=O)=O)CC2)nn(C)c1-c1cnc(CC(C)(C)C(F)(F)F)cc1OC(F)F. The normalized spacial score (nSPS) is 18.8. The molecule has 1 amide bonds. The number of halogens is 5. The van der Waals surface area contributed by atoms with Crippen molar-refractivity contribution in [2.45, 2.75) is 70.9 Å². The van der Waals surface area contributed by atoms with Crippen molar-refractivity contribution in [1.29, 1.82) is 0 Å². The first-order valence-corrected chi connectivity index (χ1v) is 14.4. The van der Waals surface area contributed by atoms with Gasteiger partial charge in [-0.25, -0.2) is 8.42 Å². The topological polar surface area (TPSA) is 103 Å². The van der Waals surface area contributed by atoms with Gasteiger partial charge in [-0.2, -0.15) is 27.1 Å². The van der Waals surface area contributed by atoms with E-state index < -0.39 is 40.4 Å². The van der Waals surface area contributed by atoms with E-state index in [2.05, 4.69) is 20.1 Å². The Morgan fingerprint density at radius 3 is 2.36 bits per heavy atom. The third-order valence-electron chi connectivity index (χ3n) is 7.23. The van der Waals surface area contributed by atoms with E-state index in [4.69, 9.17) is 0 Å². The summed E-state index contributed by atoms with van der Waals surface area (Å²) >= 11 is 0. The lowest BCUT2D eigenvalue weighted by Crippen LogP contribution is -2.34. The number of hydrogen-bond acceptors (Lipinski definition) is 6. The summed E-state index contributed by atoms with van der Waals surface area (Å²) in [5.41, 5.74) is -1.54. The molecule has 39 heavy (non-hydrogen) atoms. The second kappa shape index (κ2) is 11.4. The predicted octanol–water partition coefficient (Wildman–Crippen LogP) is 4.86. The number of nitrogens with one attached hydrogen (secondary N) is 1. The fourth-order valence-corrected chi connectivity index (χ4v) is 5.93. The molecule has 1 aliphatic carbocycles. The maximum atomic E-state index is 13.4. The molecule has 0 aromatic carbocycles. The van der Waals surface area contributed by atoms with Crippen molar-refractivity contribution in [3.8, 4) is 17.0 Å². The van der Waals surface area contributed by atoms with Crippen LogP contribution >= 0.6 is 0 Å². The largest absolute Gasteiger partial charge is 0.434 e. The summed E-state index contributed by atoms with van der Waals surface area (Å²) in [4.78, 5) is 17.0. The van der Waals surface area contributed by atoms with Gasteiger partial charge in [-0.05, 0) is 38.5 Å². The molecule has 1 aliphatic rings. The van der Waals surface area contributed by atoms with Crippen LogP contribution in [0.2, 0.25) is 0 Å². The van der Waals surface area contributed by atoms with E-state index >= 15 is 0 Å². The smallest absolute Gasteiger partial charge is 0.394 e. The number of aromatic nitrogens is 3. The van der Waals surface area contributed by atoms with E-state index in [0.29, 0.717) is 37.8 Å². The highest BCUT2D eigenvalue weighted by Gasteiger charge is 2.47. The summed E-state index contributed by atoms with van der Waals surface area (Å²) in [5.74, 6) is -0.764. The molecule has 14 heteroatoms. The van der Waals surface area contributed by atoms with Crippen molar-refractivity contribution in [2.24, 2.45) is 18.4 Å². The van der Waals surface area contributed by atoms with Gasteiger partial charge in [0, 0.05) is 49.8 Å². The van der Waals surface area contributed by atoms with Crippen LogP contribution in [0.3, 0.4) is 0 Å².